The summed E-state index contributed by atoms with van der Waals surface area (Å²) in [6, 6.07) is 0. The van der Waals surface area contributed by atoms with Crippen LogP contribution in [-0.4, -0.2) is 24.9 Å². The van der Waals surface area contributed by atoms with Gasteiger partial charge in [0.05, 0.1) is 0 Å². The average Bonchev–Trinajstić information content (AvgIpc) is 2.61. The highest BCUT2D eigenvalue weighted by molar-refractivity contribution is 5.73. The monoisotopic (exact) mass is 212 g/mol. The SMILES string of the molecule is CC(=O)NCC1(CNC(C)=O)CCCC1. The summed E-state index contributed by atoms with van der Waals surface area (Å²) in [5, 5.41) is 5.72. The molecule has 15 heavy (non-hydrogen) atoms. The molecule has 0 heterocycles. The summed E-state index contributed by atoms with van der Waals surface area (Å²) in [4.78, 5) is 21.8. The molecule has 0 unspecified atom stereocenters. The fourth-order valence-corrected chi connectivity index (χ4v) is 2.16. The molecule has 0 aromatic carbocycles. The molecular weight excluding hydrogens is 192 g/mol. The quantitative estimate of drug-likeness (QED) is 0.725. The van der Waals surface area contributed by atoms with Crippen molar-refractivity contribution in [1.82, 2.24) is 10.6 Å². The Morgan fingerprint density at radius 1 is 1.00 bits per heavy atom. The normalized spacial score (nSPS) is 18.5. The fourth-order valence-electron chi connectivity index (χ4n) is 2.16. The van der Waals surface area contributed by atoms with Crippen LogP contribution in [0.15, 0.2) is 0 Å². The lowest BCUT2D eigenvalue weighted by Crippen LogP contribution is -2.43. The minimum absolute atomic E-state index is 0.00380. The minimum Gasteiger partial charge on any atom is -0.356 e. The van der Waals surface area contributed by atoms with Crippen molar-refractivity contribution in [3.8, 4) is 0 Å². The third-order valence-electron chi connectivity index (χ3n) is 3.09. The molecule has 1 aliphatic carbocycles. The molecular formula is C11H20N2O2. The van der Waals surface area contributed by atoms with Crippen LogP contribution < -0.4 is 10.6 Å². The summed E-state index contributed by atoms with van der Waals surface area (Å²) in [6.07, 6.45) is 4.57. The van der Waals surface area contributed by atoms with E-state index in [4.69, 9.17) is 0 Å². The Bertz CT molecular complexity index is 225. The van der Waals surface area contributed by atoms with Gasteiger partial charge >= 0.3 is 0 Å². The first kappa shape index (κ1) is 12.0. The average molecular weight is 212 g/mol. The first-order chi connectivity index (χ1) is 7.04. The molecule has 1 fully saturated rings. The van der Waals surface area contributed by atoms with Gasteiger partial charge in [0.15, 0.2) is 0 Å². The number of amides is 2. The molecule has 1 saturated carbocycles. The molecule has 1 aliphatic rings. The largest absolute Gasteiger partial charge is 0.356 e. The van der Waals surface area contributed by atoms with Crippen molar-refractivity contribution in [2.75, 3.05) is 13.1 Å². The highest BCUT2D eigenvalue weighted by atomic mass is 16.2. The first-order valence-electron chi connectivity index (χ1n) is 5.53. The van der Waals surface area contributed by atoms with E-state index in [1.54, 1.807) is 0 Å². The summed E-state index contributed by atoms with van der Waals surface area (Å²) in [7, 11) is 0. The lowest BCUT2D eigenvalue weighted by Gasteiger charge is -2.29. The fraction of sp³-hybridized carbons (Fsp3) is 0.818. The number of nitrogens with one attached hydrogen (secondary N) is 2. The maximum Gasteiger partial charge on any atom is 0.216 e. The third kappa shape index (κ3) is 3.90. The number of hydrogen-bond acceptors (Lipinski definition) is 2. The van der Waals surface area contributed by atoms with Crippen LogP contribution in [0.4, 0.5) is 0 Å². The van der Waals surface area contributed by atoms with Crippen molar-refractivity contribution in [1.29, 1.82) is 0 Å². The van der Waals surface area contributed by atoms with Crippen molar-refractivity contribution in [2.24, 2.45) is 5.41 Å². The van der Waals surface area contributed by atoms with Crippen LogP contribution in [0.3, 0.4) is 0 Å². The van der Waals surface area contributed by atoms with Gasteiger partial charge in [0.25, 0.3) is 0 Å². The first-order valence-corrected chi connectivity index (χ1v) is 5.53. The van der Waals surface area contributed by atoms with Gasteiger partial charge in [0.1, 0.15) is 0 Å². The summed E-state index contributed by atoms with van der Waals surface area (Å²) in [6.45, 7) is 4.42. The van der Waals surface area contributed by atoms with Crippen molar-refractivity contribution < 1.29 is 9.59 Å². The Morgan fingerprint density at radius 2 is 1.40 bits per heavy atom. The highest BCUT2D eigenvalue weighted by Crippen LogP contribution is 2.36. The van der Waals surface area contributed by atoms with E-state index >= 15 is 0 Å². The molecule has 0 aromatic heterocycles. The van der Waals surface area contributed by atoms with E-state index in [1.165, 1.54) is 26.7 Å². The van der Waals surface area contributed by atoms with E-state index in [1.807, 2.05) is 0 Å². The molecule has 1 rings (SSSR count). The molecule has 0 atom stereocenters. The smallest absolute Gasteiger partial charge is 0.216 e. The third-order valence-corrected chi connectivity index (χ3v) is 3.09. The number of hydrogen-bond donors (Lipinski definition) is 2. The van der Waals surface area contributed by atoms with Crippen molar-refractivity contribution in [3.05, 3.63) is 0 Å². The summed E-state index contributed by atoms with van der Waals surface area (Å²) >= 11 is 0. The highest BCUT2D eigenvalue weighted by Gasteiger charge is 2.33. The van der Waals surface area contributed by atoms with Gasteiger partial charge in [0.2, 0.25) is 11.8 Å². The van der Waals surface area contributed by atoms with Gasteiger partial charge < -0.3 is 10.6 Å². The van der Waals surface area contributed by atoms with E-state index in [9.17, 15) is 9.59 Å². The second kappa shape index (κ2) is 5.14. The molecule has 0 radical (unpaired) electrons. The van der Waals surface area contributed by atoms with Gasteiger partial charge in [-0.2, -0.15) is 0 Å². The molecule has 4 nitrogen and oxygen atoms in total. The molecule has 0 saturated heterocycles. The molecule has 4 heteroatoms. The standard InChI is InChI=1S/C11H20N2O2/c1-9(14)12-7-11(5-3-4-6-11)8-13-10(2)15/h3-8H2,1-2H3,(H,12,14)(H,13,15). The van der Waals surface area contributed by atoms with Gasteiger partial charge in [-0.3, -0.25) is 9.59 Å². The Hall–Kier alpha value is -1.06. The van der Waals surface area contributed by atoms with Crippen LogP contribution in [0.2, 0.25) is 0 Å². The maximum absolute atomic E-state index is 10.9. The Morgan fingerprint density at radius 3 is 1.73 bits per heavy atom. The maximum atomic E-state index is 10.9. The van der Waals surface area contributed by atoms with Crippen LogP contribution in [-0.2, 0) is 9.59 Å². The topological polar surface area (TPSA) is 58.2 Å². The van der Waals surface area contributed by atoms with E-state index in [2.05, 4.69) is 10.6 Å². The molecule has 0 bridgehead atoms. The van der Waals surface area contributed by atoms with Gasteiger partial charge in [0, 0.05) is 32.4 Å². The number of carbonyl (C=O) groups excluding carboxylic acids is 2. The predicted octanol–water partition coefficient (Wildman–Crippen LogP) is 0.819. The van der Waals surface area contributed by atoms with Crippen LogP contribution in [0.1, 0.15) is 39.5 Å². The van der Waals surface area contributed by atoms with Crippen LogP contribution in [0, 0.1) is 5.41 Å². The molecule has 0 aromatic rings. The van der Waals surface area contributed by atoms with Crippen LogP contribution >= 0.6 is 0 Å². The molecule has 2 N–H and O–H groups in total. The van der Waals surface area contributed by atoms with E-state index < -0.39 is 0 Å². The Kier molecular flexibility index (Phi) is 4.12. The van der Waals surface area contributed by atoms with Gasteiger partial charge in [-0.05, 0) is 12.8 Å². The second-order valence-corrected chi connectivity index (χ2v) is 4.53. The number of rotatable bonds is 4. The van der Waals surface area contributed by atoms with E-state index in [0.29, 0.717) is 13.1 Å². The van der Waals surface area contributed by atoms with E-state index in [0.717, 1.165) is 12.8 Å². The minimum atomic E-state index is 0.00380. The van der Waals surface area contributed by atoms with Gasteiger partial charge in [-0.1, -0.05) is 12.8 Å². The summed E-state index contributed by atoms with van der Waals surface area (Å²) in [5.41, 5.74) is 0.0946. The second-order valence-electron chi connectivity index (χ2n) is 4.53. The molecule has 0 aliphatic heterocycles. The van der Waals surface area contributed by atoms with Crippen LogP contribution in [0.25, 0.3) is 0 Å². The lowest BCUT2D eigenvalue weighted by molar-refractivity contribution is -0.119. The Balaban J connectivity index is 2.46. The van der Waals surface area contributed by atoms with Gasteiger partial charge in [-0.15, -0.1) is 0 Å². The van der Waals surface area contributed by atoms with Crippen molar-refractivity contribution in [3.63, 3.8) is 0 Å². The lowest BCUT2D eigenvalue weighted by atomic mass is 9.86. The zero-order valence-corrected chi connectivity index (χ0v) is 9.56. The van der Waals surface area contributed by atoms with Crippen molar-refractivity contribution in [2.45, 2.75) is 39.5 Å². The number of carbonyl (C=O) groups is 2. The van der Waals surface area contributed by atoms with Gasteiger partial charge in [-0.25, -0.2) is 0 Å². The molecule has 2 amide bonds. The summed E-state index contributed by atoms with van der Waals surface area (Å²) in [5.74, 6) is 0.00759. The zero-order chi connectivity index (χ0) is 11.3. The van der Waals surface area contributed by atoms with Crippen LogP contribution in [0.5, 0.6) is 0 Å². The molecule has 0 spiro atoms. The summed E-state index contributed by atoms with van der Waals surface area (Å²) < 4.78 is 0. The Labute approximate surface area is 90.8 Å². The zero-order valence-electron chi connectivity index (χ0n) is 9.56. The van der Waals surface area contributed by atoms with Crippen molar-refractivity contribution >= 4 is 11.8 Å². The molecule has 86 valence electrons. The predicted molar refractivity (Wildman–Crippen MR) is 58.3 cm³/mol. The van der Waals surface area contributed by atoms with E-state index in [-0.39, 0.29) is 17.2 Å².